The van der Waals surface area contributed by atoms with Crippen LogP contribution in [0.2, 0.25) is 0 Å². The molecule has 2 aromatic rings. The Morgan fingerprint density at radius 3 is 2.94 bits per heavy atom. The van der Waals surface area contributed by atoms with Crippen molar-refractivity contribution in [1.29, 1.82) is 0 Å². The maximum Gasteiger partial charge on any atom is 0.238 e. The Labute approximate surface area is 101 Å². The first-order valence-corrected chi connectivity index (χ1v) is 5.33. The minimum absolute atomic E-state index is 0.166. The van der Waals surface area contributed by atoms with Crippen LogP contribution >= 0.6 is 15.9 Å². The fourth-order valence-corrected chi connectivity index (χ4v) is 1.39. The number of nitrogens with zero attached hydrogens (tertiary/aromatic N) is 3. The molecule has 0 radical (unpaired) electrons. The molecule has 0 aliphatic heterocycles. The molecule has 0 atom stereocenters. The van der Waals surface area contributed by atoms with Crippen molar-refractivity contribution in [2.45, 2.75) is 6.92 Å². The lowest BCUT2D eigenvalue weighted by atomic mass is 10.3. The summed E-state index contributed by atoms with van der Waals surface area (Å²) in [4.78, 5) is 11.9. The lowest BCUT2D eigenvalue weighted by molar-refractivity contribution is 0.453. The highest BCUT2D eigenvalue weighted by Crippen LogP contribution is 2.28. The van der Waals surface area contributed by atoms with E-state index in [-0.39, 0.29) is 5.95 Å². The van der Waals surface area contributed by atoms with Crippen LogP contribution in [0.15, 0.2) is 29.0 Å². The fraction of sp³-hybridized carbons (Fsp3) is 0.100. The Morgan fingerprint density at radius 2 is 2.19 bits per heavy atom. The summed E-state index contributed by atoms with van der Waals surface area (Å²) in [7, 11) is 0. The Bertz CT molecular complexity index is 518. The average molecular weight is 281 g/mol. The normalized spacial score (nSPS) is 10.1. The highest BCUT2D eigenvalue weighted by Gasteiger charge is 2.07. The van der Waals surface area contributed by atoms with Crippen molar-refractivity contribution in [2.24, 2.45) is 0 Å². The molecule has 2 rings (SSSR count). The zero-order valence-electron chi connectivity index (χ0n) is 8.51. The molecule has 5 nitrogen and oxygen atoms in total. The second kappa shape index (κ2) is 4.44. The smallest absolute Gasteiger partial charge is 0.238 e. The van der Waals surface area contributed by atoms with Gasteiger partial charge in [-0.2, -0.15) is 4.98 Å². The van der Waals surface area contributed by atoms with E-state index in [1.54, 1.807) is 18.5 Å². The number of nitrogens with two attached hydrogens (primary N) is 1. The Balaban J connectivity index is 2.34. The summed E-state index contributed by atoms with van der Waals surface area (Å²) in [5.74, 6) is 1.18. The number of ether oxygens (including phenoxy) is 1. The number of anilines is 1. The van der Waals surface area contributed by atoms with Crippen LogP contribution in [0.3, 0.4) is 0 Å². The van der Waals surface area contributed by atoms with E-state index >= 15 is 0 Å². The molecule has 2 N–H and O–H groups in total. The first-order chi connectivity index (χ1) is 7.66. The Kier molecular flexibility index (Phi) is 3.00. The van der Waals surface area contributed by atoms with Crippen LogP contribution in [-0.2, 0) is 0 Å². The number of rotatable bonds is 2. The van der Waals surface area contributed by atoms with E-state index in [4.69, 9.17) is 10.5 Å². The number of hydrogen-bond acceptors (Lipinski definition) is 5. The number of aryl methyl sites for hydroxylation is 1. The molecule has 0 bridgehead atoms. The van der Waals surface area contributed by atoms with Gasteiger partial charge in [-0.05, 0) is 35.0 Å². The van der Waals surface area contributed by atoms with Crippen molar-refractivity contribution in [3.63, 3.8) is 0 Å². The average Bonchev–Trinajstić information content (AvgIpc) is 2.27. The van der Waals surface area contributed by atoms with Crippen molar-refractivity contribution in [2.75, 3.05) is 5.73 Å². The molecule has 16 heavy (non-hydrogen) atoms. The Morgan fingerprint density at radius 1 is 1.38 bits per heavy atom. The molecule has 0 aromatic carbocycles. The lowest BCUT2D eigenvalue weighted by Crippen LogP contribution is -1.98. The highest BCUT2D eigenvalue weighted by atomic mass is 79.9. The van der Waals surface area contributed by atoms with Gasteiger partial charge in [0.05, 0.1) is 16.4 Å². The Hall–Kier alpha value is -1.69. The van der Waals surface area contributed by atoms with Crippen LogP contribution in [-0.4, -0.2) is 15.0 Å². The van der Waals surface area contributed by atoms with Gasteiger partial charge in [0.25, 0.3) is 0 Å². The molecule has 0 unspecified atom stereocenters. The van der Waals surface area contributed by atoms with E-state index < -0.39 is 0 Å². The van der Waals surface area contributed by atoms with Crippen LogP contribution in [0, 0.1) is 6.92 Å². The van der Waals surface area contributed by atoms with Gasteiger partial charge >= 0.3 is 0 Å². The number of halogens is 1. The van der Waals surface area contributed by atoms with Gasteiger partial charge in [-0.25, -0.2) is 4.98 Å². The fourth-order valence-electron chi connectivity index (χ4n) is 1.12. The molecule has 0 aliphatic rings. The summed E-state index contributed by atoms with van der Waals surface area (Å²) in [6, 6.07) is 3.61. The maximum absolute atomic E-state index is 5.58. The summed E-state index contributed by atoms with van der Waals surface area (Å²) in [6.07, 6.45) is 3.24. The lowest BCUT2D eigenvalue weighted by Gasteiger charge is -2.08. The van der Waals surface area contributed by atoms with E-state index in [0.29, 0.717) is 16.1 Å². The first-order valence-electron chi connectivity index (χ1n) is 4.54. The number of aromatic nitrogens is 3. The first kappa shape index (κ1) is 10.8. The van der Waals surface area contributed by atoms with Crippen molar-refractivity contribution >= 4 is 21.9 Å². The third-order valence-corrected chi connectivity index (χ3v) is 2.44. The predicted octanol–water partition coefficient (Wildman–Crippen LogP) is 2.32. The quantitative estimate of drug-likeness (QED) is 0.914. The van der Waals surface area contributed by atoms with E-state index in [9.17, 15) is 0 Å². The summed E-state index contributed by atoms with van der Waals surface area (Å²) in [6.45, 7) is 1.85. The van der Waals surface area contributed by atoms with Crippen molar-refractivity contribution in [1.82, 2.24) is 15.0 Å². The molecule has 82 valence electrons. The molecule has 6 heteroatoms. The predicted molar refractivity (Wildman–Crippen MR) is 63.2 cm³/mol. The second-order valence-corrected chi connectivity index (χ2v) is 3.92. The molecule has 0 spiro atoms. The van der Waals surface area contributed by atoms with Gasteiger partial charge in [-0.15, -0.1) is 0 Å². The van der Waals surface area contributed by atoms with Crippen LogP contribution < -0.4 is 10.5 Å². The van der Waals surface area contributed by atoms with Gasteiger partial charge in [0, 0.05) is 6.20 Å². The summed E-state index contributed by atoms with van der Waals surface area (Å²) >= 11 is 3.29. The second-order valence-electron chi connectivity index (χ2n) is 3.07. The molecule has 0 fully saturated rings. The van der Waals surface area contributed by atoms with E-state index in [1.165, 1.54) is 0 Å². The van der Waals surface area contributed by atoms with Gasteiger partial charge < -0.3 is 10.5 Å². The summed E-state index contributed by atoms with van der Waals surface area (Å²) < 4.78 is 6.22. The third kappa shape index (κ3) is 2.27. The van der Waals surface area contributed by atoms with Crippen LogP contribution in [0.1, 0.15) is 5.69 Å². The molecule has 0 aliphatic carbocycles. The standard InChI is InChI=1S/C10H9BrN4O/c1-6-8(3-2-4-13-6)16-9-7(11)5-14-10(12)15-9/h2-5H,1H3,(H2,12,14,15). The van der Waals surface area contributed by atoms with Crippen molar-refractivity contribution in [3.05, 3.63) is 34.7 Å². The van der Waals surface area contributed by atoms with E-state index in [0.717, 1.165) is 5.69 Å². The minimum Gasteiger partial charge on any atom is -0.436 e. The van der Waals surface area contributed by atoms with Gasteiger partial charge in [0.1, 0.15) is 0 Å². The van der Waals surface area contributed by atoms with Crippen LogP contribution in [0.5, 0.6) is 11.6 Å². The molecular weight excluding hydrogens is 272 g/mol. The SMILES string of the molecule is Cc1ncccc1Oc1nc(N)ncc1Br. The van der Waals surface area contributed by atoms with E-state index in [1.807, 2.05) is 13.0 Å². The zero-order chi connectivity index (χ0) is 11.5. The van der Waals surface area contributed by atoms with Crippen LogP contribution in [0.4, 0.5) is 5.95 Å². The number of pyridine rings is 1. The van der Waals surface area contributed by atoms with Gasteiger partial charge in [0.15, 0.2) is 5.75 Å². The van der Waals surface area contributed by atoms with E-state index in [2.05, 4.69) is 30.9 Å². The summed E-state index contributed by atoms with van der Waals surface area (Å²) in [5, 5.41) is 0. The molecule has 0 saturated carbocycles. The number of nitrogen functional groups attached to an aromatic ring is 1. The van der Waals surface area contributed by atoms with Crippen LogP contribution in [0.25, 0.3) is 0 Å². The minimum atomic E-state index is 0.166. The largest absolute Gasteiger partial charge is 0.436 e. The maximum atomic E-state index is 5.58. The monoisotopic (exact) mass is 280 g/mol. The third-order valence-electron chi connectivity index (χ3n) is 1.90. The van der Waals surface area contributed by atoms with Gasteiger partial charge in [0.2, 0.25) is 11.8 Å². The highest BCUT2D eigenvalue weighted by molar-refractivity contribution is 9.10. The van der Waals surface area contributed by atoms with Gasteiger partial charge in [-0.1, -0.05) is 0 Å². The molecule has 2 aromatic heterocycles. The molecule has 2 heterocycles. The van der Waals surface area contributed by atoms with Crippen molar-refractivity contribution in [3.8, 4) is 11.6 Å². The molecule has 0 saturated heterocycles. The topological polar surface area (TPSA) is 73.9 Å². The summed E-state index contributed by atoms with van der Waals surface area (Å²) in [5.41, 5.74) is 6.26. The number of hydrogen-bond donors (Lipinski definition) is 1. The zero-order valence-corrected chi connectivity index (χ0v) is 10.1. The molecule has 0 amide bonds. The molecular formula is C10H9BrN4O. The van der Waals surface area contributed by atoms with Crippen molar-refractivity contribution < 1.29 is 4.74 Å². The van der Waals surface area contributed by atoms with Gasteiger partial charge in [-0.3, -0.25) is 4.98 Å².